The van der Waals surface area contributed by atoms with Crippen molar-refractivity contribution >= 4 is 15.9 Å². The van der Waals surface area contributed by atoms with E-state index in [9.17, 15) is 0 Å². The van der Waals surface area contributed by atoms with E-state index in [0.29, 0.717) is 13.0 Å². The first-order valence-electron chi connectivity index (χ1n) is 5.22. The molecule has 0 saturated heterocycles. The Morgan fingerprint density at radius 1 is 1.31 bits per heavy atom. The van der Waals surface area contributed by atoms with Crippen molar-refractivity contribution in [2.75, 3.05) is 11.9 Å². The maximum atomic E-state index is 8.54. The predicted molar refractivity (Wildman–Crippen MR) is 68.8 cm³/mol. The fourth-order valence-corrected chi connectivity index (χ4v) is 1.27. The monoisotopic (exact) mass is 281 g/mol. The Labute approximate surface area is 105 Å². The predicted octanol–water partition coefficient (Wildman–Crippen LogP) is 3.55. The van der Waals surface area contributed by atoms with Crippen LogP contribution in [0.2, 0.25) is 0 Å². The first kappa shape index (κ1) is 13.1. The van der Waals surface area contributed by atoms with Gasteiger partial charge in [0.2, 0.25) is 0 Å². The van der Waals surface area contributed by atoms with E-state index in [2.05, 4.69) is 35.8 Å². The summed E-state index contributed by atoms with van der Waals surface area (Å²) >= 11 is 3.46. The van der Waals surface area contributed by atoms with Crippen molar-refractivity contribution in [3.8, 4) is 11.8 Å². The molecule has 2 nitrogen and oxygen atoms in total. The average Bonchev–Trinajstić information content (AvgIpc) is 2.29. The molecule has 16 heavy (non-hydrogen) atoms. The van der Waals surface area contributed by atoms with Crippen LogP contribution in [0.25, 0.3) is 0 Å². The summed E-state index contributed by atoms with van der Waals surface area (Å²) in [5.41, 5.74) is 1.15. The highest BCUT2D eigenvalue weighted by Gasteiger charge is 2.16. The second-order valence-electron chi connectivity index (χ2n) is 4.57. The van der Waals surface area contributed by atoms with Gasteiger partial charge in [-0.15, -0.1) is 0 Å². The second kappa shape index (κ2) is 5.91. The average molecular weight is 282 g/mol. The van der Waals surface area contributed by atoms with Gasteiger partial charge in [0.25, 0.3) is 0 Å². The number of nitrogens with zero attached hydrogens (tertiary/aromatic N) is 1. The summed E-state index contributed by atoms with van der Waals surface area (Å²) in [6, 6.07) is 9.81. The molecule has 0 heterocycles. The van der Waals surface area contributed by atoms with Crippen molar-refractivity contribution in [2.45, 2.75) is 20.3 Å². The molecule has 3 heteroatoms. The summed E-state index contributed by atoms with van der Waals surface area (Å²) in [5.74, 6) is 0.857. The van der Waals surface area contributed by atoms with Crippen LogP contribution in [0.1, 0.15) is 19.4 Å². The van der Waals surface area contributed by atoms with E-state index >= 15 is 0 Å². The molecule has 0 spiro atoms. The number of hydrogen-bond donors (Lipinski definition) is 0. The highest BCUT2D eigenvalue weighted by Crippen LogP contribution is 2.21. The summed E-state index contributed by atoms with van der Waals surface area (Å²) in [7, 11) is 0. The zero-order chi connectivity index (χ0) is 12.0. The first-order valence-corrected chi connectivity index (χ1v) is 6.34. The maximum absolute atomic E-state index is 8.54. The van der Waals surface area contributed by atoms with Crippen molar-refractivity contribution in [1.82, 2.24) is 0 Å². The van der Waals surface area contributed by atoms with Crippen molar-refractivity contribution in [3.05, 3.63) is 29.8 Å². The van der Waals surface area contributed by atoms with Crippen molar-refractivity contribution < 1.29 is 4.74 Å². The molecule has 0 saturated carbocycles. The molecule has 0 N–H and O–H groups in total. The molecular formula is C13H16BrNO. The molecule has 0 aliphatic heterocycles. The van der Waals surface area contributed by atoms with Gasteiger partial charge < -0.3 is 4.74 Å². The van der Waals surface area contributed by atoms with Gasteiger partial charge in [-0.3, -0.25) is 0 Å². The van der Waals surface area contributed by atoms with Crippen LogP contribution >= 0.6 is 15.9 Å². The van der Waals surface area contributed by atoms with Crippen LogP contribution in [-0.4, -0.2) is 11.9 Å². The lowest BCUT2D eigenvalue weighted by atomic mass is 9.98. The third-order valence-corrected chi connectivity index (χ3v) is 3.72. The summed E-state index contributed by atoms with van der Waals surface area (Å²) in [6.07, 6.45) is 0.452. The molecule has 1 aromatic rings. The Morgan fingerprint density at radius 2 is 1.94 bits per heavy atom. The molecule has 0 aliphatic carbocycles. The van der Waals surface area contributed by atoms with Crippen LogP contribution in [0.15, 0.2) is 24.3 Å². The third kappa shape index (κ3) is 4.24. The lowest BCUT2D eigenvalue weighted by molar-refractivity contribution is 0.203. The number of nitriles is 1. The van der Waals surface area contributed by atoms with Crippen LogP contribution in [0.3, 0.4) is 0 Å². The van der Waals surface area contributed by atoms with Crippen molar-refractivity contribution in [1.29, 1.82) is 5.26 Å². The zero-order valence-corrected chi connectivity index (χ0v) is 11.3. The largest absolute Gasteiger partial charge is 0.493 e. The molecular weight excluding hydrogens is 266 g/mol. The first-order chi connectivity index (χ1) is 7.57. The van der Waals surface area contributed by atoms with Gasteiger partial charge >= 0.3 is 0 Å². The number of rotatable bonds is 5. The smallest absolute Gasteiger partial charge is 0.119 e. The topological polar surface area (TPSA) is 33.0 Å². The number of ether oxygens (including phenoxy) is 1. The lowest BCUT2D eigenvalue weighted by Crippen LogP contribution is -2.22. The van der Waals surface area contributed by atoms with Crippen LogP contribution in [-0.2, 0) is 6.42 Å². The van der Waals surface area contributed by atoms with E-state index in [0.717, 1.165) is 16.6 Å². The standard InChI is InChI=1S/C13H16BrNO/c1-13(2,9-14)10-16-12-5-3-11(4-6-12)7-8-15/h3-6H,7,9-10H2,1-2H3. The lowest BCUT2D eigenvalue weighted by Gasteiger charge is -2.21. The molecule has 0 bridgehead atoms. The van der Waals surface area contributed by atoms with E-state index in [1.54, 1.807) is 0 Å². The van der Waals surface area contributed by atoms with Crippen LogP contribution in [0, 0.1) is 16.7 Å². The van der Waals surface area contributed by atoms with E-state index in [1.807, 2.05) is 24.3 Å². The summed E-state index contributed by atoms with van der Waals surface area (Å²) in [5, 5.41) is 9.45. The zero-order valence-electron chi connectivity index (χ0n) is 9.66. The molecule has 0 aromatic heterocycles. The molecule has 1 aromatic carbocycles. The normalized spacial score (nSPS) is 10.9. The van der Waals surface area contributed by atoms with Gasteiger partial charge in [-0.1, -0.05) is 41.9 Å². The van der Waals surface area contributed by atoms with E-state index < -0.39 is 0 Å². The second-order valence-corrected chi connectivity index (χ2v) is 5.13. The molecule has 0 atom stereocenters. The number of hydrogen-bond acceptors (Lipinski definition) is 2. The van der Waals surface area contributed by atoms with Crippen LogP contribution in [0.4, 0.5) is 0 Å². The van der Waals surface area contributed by atoms with Gasteiger partial charge in [0.05, 0.1) is 19.1 Å². The highest BCUT2D eigenvalue weighted by atomic mass is 79.9. The molecule has 0 amide bonds. The minimum atomic E-state index is 0.130. The van der Waals surface area contributed by atoms with Crippen molar-refractivity contribution in [2.24, 2.45) is 5.41 Å². The Hall–Kier alpha value is -1.01. The maximum Gasteiger partial charge on any atom is 0.119 e. The Kier molecular flexibility index (Phi) is 4.82. The summed E-state index contributed by atoms with van der Waals surface area (Å²) < 4.78 is 5.68. The van der Waals surface area contributed by atoms with E-state index in [4.69, 9.17) is 10.00 Å². The molecule has 86 valence electrons. The van der Waals surface area contributed by atoms with E-state index in [-0.39, 0.29) is 5.41 Å². The third-order valence-electron chi connectivity index (χ3n) is 2.20. The van der Waals surface area contributed by atoms with Crippen LogP contribution in [0.5, 0.6) is 5.75 Å². The SMILES string of the molecule is CC(C)(CBr)COc1ccc(CC#N)cc1. The Morgan fingerprint density at radius 3 is 2.44 bits per heavy atom. The summed E-state index contributed by atoms with van der Waals surface area (Å²) in [4.78, 5) is 0. The molecule has 1 rings (SSSR count). The highest BCUT2D eigenvalue weighted by molar-refractivity contribution is 9.09. The fraction of sp³-hybridized carbons (Fsp3) is 0.462. The van der Waals surface area contributed by atoms with Gasteiger partial charge in [-0.25, -0.2) is 0 Å². The molecule has 0 fully saturated rings. The van der Waals surface area contributed by atoms with Crippen molar-refractivity contribution in [3.63, 3.8) is 0 Å². The molecule has 0 unspecified atom stereocenters. The number of benzene rings is 1. The van der Waals surface area contributed by atoms with Crippen LogP contribution < -0.4 is 4.74 Å². The quantitative estimate of drug-likeness (QED) is 0.774. The fourth-order valence-electron chi connectivity index (χ4n) is 1.11. The van der Waals surface area contributed by atoms with Gasteiger partial charge in [0, 0.05) is 10.7 Å². The minimum absolute atomic E-state index is 0.130. The minimum Gasteiger partial charge on any atom is -0.493 e. The van der Waals surface area contributed by atoms with Gasteiger partial charge in [0.15, 0.2) is 0 Å². The van der Waals surface area contributed by atoms with Gasteiger partial charge in [-0.05, 0) is 17.7 Å². The molecule has 0 aliphatic rings. The van der Waals surface area contributed by atoms with E-state index in [1.165, 1.54) is 0 Å². The van der Waals surface area contributed by atoms with Gasteiger partial charge in [0.1, 0.15) is 5.75 Å². The Bertz CT molecular complexity index is 365. The molecule has 0 radical (unpaired) electrons. The number of alkyl halides is 1. The summed E-state index contributed by atoms with van der Waals surface area (Å²) in [6.45, 7) is 4.97. The number of halogens is 1. The Balaban J connectivity index is 2.53. The van der Waals surface area contributed by atoms with Gasteiger partial charge in [-0.2, -0.15) is 5.26 Å².